The van der Waals surface area contributed by atoms with E-state index in [9.17, 15) is 24.5 Å². The Balaban J connectivity index is 1.67. The molecule has 158 valence electrons. The van der Waals surface area contributed by atoms with Gasteiger partial charge >= 0.3 is 6.03 Å². The van der Waals surface area contributed by atoms with Crippen molar-refractivity contribution >= 4 is 46.5 Å². The minimum Gasteiger partial charge on any atom is -0.367 e. The molecular formula is C21H17ClN4O5. The minimum atomic E-state index is -1.57. The topological polar surface area (TPSA) is 113 Å². The fourth-order valence-corrected chi connectivity index (χ4v) is 5.23. The maximum Gasteiger partial charge on any atom is 0.335 e. The highest BCUT2D eigenvalue weighted by atomic mass is 35.5. The van der Waals surface area contributed by atoms with Crippen LogP contribution in [0.25, 0.3) is 0 Å². The van der Waals surface area contributed by atoms with Gasteiger partial charge in [0.1, 0.15) is 0 Å². The predicted molar refractivity (Wildman–Crippen MR) is 112 cm³/mol. The van der Waals surface area contributed by atoms with E-state index in [0.29, 0.717) is 23.6 Å². The van der Waals surface area contributed by atoms with Crippen LogP contribution in [-0.4, -0.2) is 35.4 Å². The number of hydrogen-bond donors (Lipinski definition) is 1. The lowest BCUT2D eigenvalue weighted by atomic mass is 9.68. The molecule has 3 aliphatic rings. The quantitative estimate of drug-likeness (QED) is 0.436. The third-order valence-electron chi connectivity index (χ3n) is 6.35. The summed E-state index contributed by atoms with van der Waals surface area (Å²) < 4.78 is 0. The number of anilines is 2. The third-order valence-corrected chi connectivity index (χ3v) is 6.59. The molecular weight excluding hydrogens is 424 g/mol. The molecule has 2 atom stereocenters. The Kier molecular flexibility index (Phi) is 4.26. The summed E-state index contributed by atoms with van der Waals surface area (Å²) in [5, 5.41) is 14.0. The molecule has 0 saturated carbocycles. The number of barbiturate groups is 1. The number of hydrogen-bond acceptors (Lipinski definition) is 6. The van der Waals surface area contributed by atoms with Crippen molar-refractivity contribution in [1.29, 1.82) is 0 Å². The first-order valence-electron chi connectivity index (χ1n) is 9.82. The molecule has 4 amide bonds. The molecule has 5 rings (SSSR count). The number of carbonyl (C=O) groups excluding carboxylic acids is 3. The Hall–Kier alpha value is -3.46. The summed E-state index contributed by atoms with van der Waals surface area (Å²) in [5.41, 5.74) is -0.106. The van der Waals surface area contributed by atoms with Crippen LogP contribution in [0.15, 0.2) is 42.5 Å². The van der Waals surface area contributed by atoms with Gasteiger partial charge < -0.3 is 4.90 Å². The fourth-order valence-electron chi connectivity index (χ4n) is 5.05. The van der Waals surface area contributed by atoms with Crippen molar-refractivity contribution in [1.82, 2.24) is 5.32 Å². The van der Waals surface area contributed by atoms with E-state index < -0.39 is 34.2 Å². The number of halogens is 1. The molecule has 1 spiro atoms. The maximum absolute atomic E-state index is 13.8. The summed E-state index contributed by atoms with van der Waals surface area (Å²) >= 11 is 6.06. The molecule has 2 aromatic rings. The standard InChI is InChI=1S/C21H17ClN4O5/c22-13-3-1-4-14(10-13)25-19(28)21(18(27)23-20(25)29)11-12-9-15(26(30)31)6-7-16(12)24-8-2-5-17(21)24/h1,3-4,6-7,9-10,17H,2,5,8,11H2,(H,23,27,29)/t17-,21-/m0/s1. The number of non-ortho nitro benzene ring substituents is 1. The summed E-state index contributed by atoms with van der Waals surface area (Å²) in [7, 11) is 0. The van der Waals surface area contributed by atoms with Gasteiger partial charge in [-0.15, -0.1) is 0 Å². The van der Waals surface area contributed by atoms with Crippen molar-refractivity contribution in [2.24, 2.45) is 5.41 Å². The number of carbonyl (C=O) groups is 3. The fraction of sp³-hybridized carbons (Fsp3) is 0.286. The third kappa shape index (κ3) is 2.73. The number of nitrogens with zero attached hydrogens (tertiary/aromatic N) is 3. The summed E-state index contributed by atoms with van der Waals surface area (Å²) in [4.78, 5) is 53.5. The van der Waals surface area contributed by atoms with Crippen molar-refractivity contribution < 1.29 is 19.3 Å². The SMILES string of the molecule is O=C1NC(=O)[C@@]2(Cc3cc([N+](=O)[O-])ccc3N3CCC[C@H]32)C(=O)N1c1cccc(Cl)c1. The van der Waals surface area contributed by atoms with Crippen LogP contribution in [0, 0.1) is 15.5 Å². The number of rotatable bonds is 2. The first-order valence-corrected chi connectivity index (χ1v) is 10.2. The molecule has 0 radical (unpaired) electrons. The smallest absolute Gasteiger partial charge is 0.335 e. The highest BCUT2D eigenvalue weighted by molar-refractivity contribution is 6.33. The lowest BCUT2D eigenvalue weighted by Crippen LogP contribution is -2.71. The molecule has 0 bridgehead atoms. The lowest BCUT2D eigenvalue weighted by molar-refractivity contribution is -0.384. The van der Waals surface area contributed by atoms with Crippen LogP contribution in [0.2, 0.25) is 5.02 Å². The van der Waals surface area contributed by atoms with E-state index in [-0.39, 0.29) is 17.8 Å². The number of imide groups is 2. The molecule has 1 N–H and O–H groups in total. The number of nitro groups is 1. The zero-order chi connectivity index (χ0) is 21.9. The molecule has 3 aliphatic heterocycles. The zero-order valence-corrected chi connectivity index (χ0v) is 17.0. The molecule has 0 unspecified atom stereocenters. The summed E-state index contributed by atoms with van der Waals surface area (Å²) in [6, 6.07) is 9.50. The number of urea groups is 1. The van der Waals surface area contributed by atoms with Gasteiger partial charge in [-0.3, -0.25) is 25.0 Å². The first kappa shape index (κ1) is 19.5. The van der Waals surface area contributed by atoms with Crippen molar-refractivity contribution in [3.63, 3.8) is 0 Å². The Morgan fingerprint density at radius 1 is 1.16 bits per heavy atom. The van der Waals surface area contributed by atoms with Crippen LogP contribution < -0.4 is 15.1 Å². The van der Waals surface area contributed by atoms with Crippen LogP contribution in [0.5, 0.6) is 0 Å². The van der Waals surface area contributed by atoms with Gasteiger partial charge in [0.15, 0.2) is 5.41 Å². The maximum atomic E-state index is 13.8. The average molecular weight is 441 g/mol. The second-order valence-corrected chi connectivity index (χ2v) is 8.39. The highest BCUT2D eigenvalue weighted by Crippen LogP contribution is 2.49. The van der Waals surface area contributed by atoms with Crippen LogP contribution in [-0.2, 0) is 16.0 Å². The molecule has 2 fully saturated rings. The van der Waals surface area contributed by atoms with E-state index in [0.717, 1.165) is 17.0 Å². The van der Waals surface area contributed by atoms with E-state index in [1.807, 2.05) is 4.90 Å². The van der Waals surface area contributed by atoms with E-state index in [1.165, 1.54) is 18.2 Å². The molecule has 10 heteroatoms. The van der Waals surface area contributed by atoms with Gasteiger partial charge in [0.05, 0.1) is 16.7 Å². The van der Waals surface area contributed by atoms with Gasteiger partial charge in [0, 0.05) is 35.8 Å². The Bertz CT molecular complexity index is 1170. The molecule has 2 aromatic carbocycles. The number of fused-ring (bicyclic) bond motifs is 4. The normalized spacial score (nSPS) is 24.8. The Labute approximate surface area is 181 Å². The number of nitro benzene ring substituents is 1. The van der Waals surface area contributed by atoms with E-state index in [1.54, 1.807) is 24.3 Å². The van der Waals surface area contributed by atoms with Gasteiger partial charge in [-0.2, -0.15) is 0 Å². The molecule has 0 aromatic heterocycles. The molecule has 9 nitrogen and oxygen atoms in total. The second kappa shape index (κ2) is 6.78. The Morgan fingerprint density at radius 2 is 1.97 bits per heavy atom. The molecule has 2 saturated heterocycles. The number of benzene rings is 2. The van der Waals surface area contributed by atoms with Crippen molar-refractivity contribution in [3.05, 3.63) is 63.2 Å². The van der Waals surface area contributed by atoms with Crippen LogP contribution in [0.1, 0.15) is 18.4 Å². The van der Waals surface area contributed by atoms with Crippen LogP contribution in [0.4, 0.5) is 21.9 Å². The van der Waals surface area contributed by atoms with E-state index in [4.69, 9.17) is 11.6 Å². The van der Waals surface area contributed by atoms with Crippen molar-refractivity contribution in [3.8, 4) is 0 Å². The number of nitrogens with one attached hydrogen (secondary N) is 1. The highest BCUT2D eigenvalue weighted by Gasteiger charge is 2.63. The van der Waals surface area contributed by atoms with Gasteiger partial charge in [-0.05, 0) is 42.7 Å². The largest absolute Gasteiger partial charge is 0.367 e. The number of amides is 4. The second-order valence-electron chi connectivity index (χ2n) is 7.95. The van der Waals surface area contributed by atoms with Gasteiger partial charge in [0.25, 0.3) is 11.6 Å². The lowest BCUT2D eigenvalue weighted by Gasteiger charge is -2.49. The van der Waals surface area contributed by atoms with Gasteiger partial charge in [-0.1, -0.05) is 17.7 Å². The zero-order valence-electron chi connectivity index (χ0n) is 16.2. The van der Waals surface area contributed by atoms with Crippen molar-refractivity contribution in [2.75, 3.05) is 16.3 Å². The van der Waals surface area contributed by atoms with Gasteiger partial charge in [-0.25, -0.2) is 9.69 Å². The molecule has 31 heavy (non-hydrogen) atoms. The Morgan fingerprint density at radius 3 is 2.71 bits per heavy atom. The summed E-state index contributed by atoms with van der Waals surface area (Å²) in [6.45, 7) is 0.614. The van der Waals surface area contributed by atoms with Crippen LogP contribution in [0.3, 0.4) is 0 Å². The monoisotopic (exact) mass is 440 g/mol. The van der Waals surface area contributed by atoms with E-state index in [2.05, 4.69) is 5.32 Å². The van der Waals surface area contributed by atoms with Gasteiger partial charge in [0.2, 0.25) is 5.91 Å². The minimum absolute atomic E-state index is 0.0276. The molecule has 0 aliphatic carbocycles. The summed E-state index contributed by atoms with van der Waals surface area (Å²) in [5.74, 6) is -1.31. The first-order chi connectivity index (χ1) is 14.8. The predicted octanol–water partition coefficient (Wildman–Crippen LogP) is 3.04. The van der Waals surface area contributed by atoms with E-state index >= 15 is 0 Å². The summed E-state index contributed by atoms with van der Waals surface area (Å²) in [6.07, 6.45) is 1.32. The average Bonchev–Trinajstić information content (AvgIpc) is 3.22. The molecule has 3 heterocycles. The van der Waals surface area contributed by atoms with Crippen molar-refractivity contribution in [2.45, 2.75) is 25.3 Å². The van der Waals surface area contributed by atoms with Crippen LogP contribution >= 0.6 is 11.6 Å².